The highest BCUT2D eigenvalue weighted by atomic mass is 16.6. The number of hydrogen-bond donors (Lipinski definition) is 1. The summed E-state index contributed by atoms with van der Waals surface area (Å²) in [6.45, 7) is 2.46. The average molecular weight is 168 g/mol. The fourth-order valence-electron chi connectivity index (χ4n) is 1.41. The van der Waals surface area contributed by atoms with E-state index in [-0.39, 0.29) is 0 Å². The van der Waals surface area contributed by atoms with Gasteiger partial charge < -0.3 is 14.1 Å². The van der Waals surface area contributed by atoms with E-state index in [1.807, 2.05) is 12.1 Å². The molecule has 0 fully saturated rings. The summed E-state index contributed by atoms with van der Waals surface area (Å²) in [6.07, 6.45) is 0. The first-order valence-corrected chi connectivity index (χ1v) is 3.99. The summed E-state index contributed by atoms with van der Waals surface area (Å²) in [7, 11) is 1.62. The Balaban J connectivity index is 2.11. The van der Waals surface area contributed by atoms with Crippen molar-refractivity contribution >= 4 is 0 Å². The van der Waals surface area contributed by atoms with Gasteiger partial charge in [0.2, 0.25) is 0 Å². The Hall–Kier alpha value is -1.00. The summed E-state index contributed by atoms with van der Waals surface area (Å²) in [4.78, 5) is 4.77. The Bertz CT molecular complexity index is 270. The highest BCUT2D eigenvalue weighted by molar-refractivity contribution is 5.23. The van der Waals surface area contributed by atoms with E-state index in [2.05, 4.69) is 10.0 Å². The van der Waals surface area contributed by atoms with Crippen molar-refractivity contribution in [3.63, 3.8) is 0 Å². The van der Waals surface area contributed by atoms with Crippen molar-refractivity contribution in [1.82, 2.24) is 10.0 Å². The maximum Gasteiger partial charge on any atom is 0.193 e. The minimum absolute atomic E-state index is 0.722. The summed E-state index contributed by atoms with van der Waals surface area (Å²) in [6, 6.07) is 4.03. The summed E-state index contributed by atoms with van der Waals surface area (Å²) in [5, 5.41) is 0. The Labute approximate surface area is 71.0 Å². The fourth-order valence-corrected chi connectivity index (χ4v) is 1.41. The SMILES string of the molecule is CONCc1ccc2n1CCO2. The van der Waals surface area contributed by atoms with Gasteiger partial charge >= 0.3 is 0 Å². The molecule has 0 aromatic carbocycles. The van der Waals surface area contributed by atoms with E-state index in [1.54, 1.807) is 7.11 Å². The number of nitrogens with one attached hydrogen (secondary N) is 1. The van der Waals surface area contributed by atoms with Crippen LogP contribution in [0.2, 0.25) is 0 Å². The molecule has 0 saturated heterocycles. The molecule has 0 spiro atoms. The fraction of sp³-hybridized carbons (Fsp3) is 0.500. The van der Waals surface area contributed by atoms with Crippen molar-refractivity contribution in [1.29, 1.82) is 0 Å². The molecule has 1 aromatic rings. The molecule has 0 saturated carbocycles. The summed E-state index contributed by atoms with van der Waals surface area (Å²) in [5.41, 5.74) is 4.00. The molecular weight excluding hydrogens is 156 g/mol. The van der Waals surface area contributed by atoms with Crippen LogP contribution in [0.4, 0.5) is 0 Å². The third kappa shape index (κ3) is 1.19. The molecule has 0 bridgehead atoms. The Morgan fingerprint density at radius 1 is 1.67 bits per heavy atom. The van der Waals surface area contributed by atoms with Gasteiger partial charge in [0, 0.05) is 11.8 Å². The quantitative estimate of drug-likeness (QED) is 0.669. The molecule has 1 aromatic heterocycles. The molecule has 0 amide bonds. The van der Waals surface area contributed by atoms with Crippen molar-refractivity contribution in [2.24, 2.45) is 0 Å². The number of aromatic nitrogens is 1. The molecule has 2 rings (SSSR count). The van der Waals surface area contributed by atoms with Gasteiger partial charge in [-0.1, -0.05) is 0 Å². The van der Waals surface area contributed by atoms with Gasteiger partial charge in [0.15, 0.2) is 5.88 Å². The lowest BCUT2D eigenvalue weighted by molar-refractivity contribution is 0.0851. The highest BCUT2D eigenvalue weighted by Crippen LogP contribution is 2.21. The zero-order valence-electron chi connectivity index (χ0n) is 7.04. The normalized spacial score (nSPS) is 14.4. The average Bonchev–Trinajstić information content (AvgIpc) is 2.62. The van der Waals surface area contributed by atoms with Crippen LogP contribution in [0, 0.1) is 0 Å². The van der Waals surface area contributed by atoms with E-state index in [0.717, 1.165) is 25.6 Å². The van der Waals surface area contributed by atoms with Crippen LogP contribution in [0.25, 0.3) is 0 Å². The van der Waals surface area contributed by atoms with Crippen LogP contribution >= 0.6 is 0 Å². The molecule has 0 unspecified atom stereocenters. The number of hydrogen-bond acceptors (Lipinski definition) is 3. The molecule has 0 atom stereocenters. The molecule has 2 heterocycles. The molecule has 1 aliphatic rings. The second-order valence-corrected chi connectivity index (χ2v) is 2.69. The van der Waals surface area contributed by atoms with Crippen molar-refractivity contribution in [3.05, 3.63) is 17.8 Å². The summed E-state index contributed by atoms with van der Waals surface area (Å²) >= 11 is 0. The van der Waals surface area contributed by atoms with Gasteiger partial charge in [-0.25, -0.2) is 0 Å². The predicted molar refractivity (Wildman–Crippen MR) is 43.8 cm³/mol. The van der Waals surface area contributed by atoms with Crippen LogP contribution in [0.1, 0.15) is 5.69 Å². The molecule has 4 nitrogen and oxygen atoms in total. The zero-order chi connectivity index (χ0) is 8.39. The molecule has 1 aliphatic heterocycles. The smallest absolute Gasteiger partial charge is 0.193 e. The maximum atomic E-state index is 5.35. The van der Waals surface area contributed by atoms with E-state index in [0.29, 0.717) is 0 Å². The van der Waals surface area contributed by atoms with Gasteiger partial charge in [0.1, 0.15) is 6.61 Å². The highest BCUT2D eigenvalue weighted by Gasteiger charge is 2.13. The first-order valence-electron chi connectivity index (χ1n) is 3.99. The van der Waals surface area contributed by atoms with E-state index in [4.69, 9.17) is 9.57 Å². The van der Waals surface area contributed by atoms with Gasteiger partial charge in [0.05, 0.1) is 20.2 Å². The Morgan fingerprint density at radius 3 is 3.42 bits per heavy atom. The second-order valence-electron chi connectivity index (χ2n) is 2.69. The van der Waals surface area contributed by atoms with E-state index < -0.39 is 0 Å². The molecule has 0 aliphatic carbocycles. The summed E-state index contributed by atoms with van der Waals surface area (Å²) in [5.74, 6) is 0.961. The molecule has 0 radical (unpaired) electrons. The molecular formula is C8H12N2O2. The van der Waals surface area contributed by atoms with Gasteiger partial charge in [-0.2, -0.15) is 5.48 Å². The van der Waals surface area contributed by atoms with E-state index in [9.17, 15) is 0 Å². The van der Waals surface area contributed by atoms with Crippen molar-refractivity contribution in [2.75, 3.05) is 13.7 Å². The maximum absolute atomic E-state index is 5.35. The second kappa shape index (κ2) is 3.16. The van der Waals surface area contributed by atoms with Crippen LogP contribution in [-0.4, -0.2) is 18.3 Å². The topological polar surface area (TPSA) is 35.4 Å². The Morgan fingerprint density at radius 2 is 2.58 bits per heavy atom. The third-order valence-electron chi connectivity index (χ3n) is 1.99. The minimum Gasteiger partial charge on any atom is -0.477 e. The first-order chi connectivity index (χ1) is 5.92. The van der Waals surface area contributed by atoms with Gasteiger partial charge in [-0.15, -0.1) is 0 Å². The van der Waals surface area contributed by atoms with E-state index >= 15 is 0 Å². The number of rotatable bonds is 3. The first kappa shape index (κ1) is 7.64. The molecule has 66 valence electrons. The zero-order valence-corrected chi connectivity index (χ0v) is 7.04. The number of nitrogens with zero attached hydrogens (tertiary/aromatic N) is 1. The number of fused-ring (bicyclic) bond motifs is 1. The van der Waals surface area contributed by atoms with Gasteiger partial charge in [-0.05, 0) is 6.07 Å². The minimum atomic E-state index is 0.722. The molecule has 1 N–H and O–H groups in total. The summed E-state index contributed by atoms with van der Waals surface area (Å²) < 4.78 is 7.50. The number of ether oxygens (including phenoxy) is 1. The van der Waals surface area contributed by atoms with Crippen LogP contribution < -0.4 is 10.2 Å². The van der Waals surface area contributed by atoms with Crippen molar-refractivity contribution < 1.29 is 9.57 Å². The van der Waals surface area contributed by atoms with Gasteiger partial charge in [-0.3, -0.25) is 0 Å². The van der Waals surface area contributed by atoms with Crippen LogP contribution in [0.5, 0.6) is 5.88 Å². The third-order valence-corrected chi connectivity index (χ3v) is 1.99. The van der Waals surface area contributed by atoms with Crippen LogP contribution in [0.3, 0.4) is 0 Å². The van der Waals surface area contributed by atoms with Crippen LogP contribution in [0.15, 0.2) is 12.1 Å². The Kier molecular flexibility index (Phi) is 2.01. The van der Waals surface area contributed by atoms with Crippen molar-refractivity contribution in [3.8, 4) is 5.88 Å². The predicted octanol–water partition coefficient (Wildman–Crippen LogP) is 0.531. The van der Waals surface area contributed by atoms with E-state index in [1.165, 1.54) is 5.69 Å². The lowest BCUT2D eigenvalue weighted by Crippen LogP contribution is -2.13. The number of hydroxylamine groups is 1. The lowest BCUT2D eigenvalue weighted by Gasteiger charge is -2.03. The molecule has 12 heavy (non-hydrogen) atoms. The molecule has 4 heteroatoms. The monoisotopic (exact) mass is 168 g/mol. The standard InChI is InChI=1S/C8H12N2O2/c1-11-9-6-7-2-3-8-10(7)4-5-12-8/h2-3,9H,4-6H2,1H3. The largest absolute Gasteiger partial charge is 0.477 e. The van der Waals surface area contributed by atoms with Crippen molar-refractivity contribution in [2.45, 2.75) is 13.1 Å². The van der Waals surface area contributed by atoms with Crippen LogP contribution in [-0.2, 0) is 17.9 Å². The van der Waals surface area contributed by atoms with Gasteiger partial charge in [0.25, 0.3) is 0 Å². The lowest BCUT2D eigenvalue weighted by atomic mass is 10.4.